The fourth-order valence-electron chi connectivity index (χ4n) is 2.42. The zero-order valence-electron chi connectivity index (χ0n) is 12.4. The van der Waals surface area contributed by atoms with Gasteiger partial charge in [0.25, 0.3) is 0 Å². The smallest absolute Gasteiger partial charge is 0.166 e. The lowest BCUT2D eigenvalue weighted by molar-refractivity contribution is -0.137. The minimum absolute atomic E-state index is 0.0366. The topological polar surface area (TPSA) is 0 Å². The largest absolute Gasteiger partial charge is 0.426 e. The van der Waals surface area contributed by atoms with Gasteiger partial charge in [0.15, 0.2) is 0 Å². The van der Waals surface area contributed by atoms with Crippen molar-refractivity contribution in [2.75, 3.05) is 0 Å². The van der Waals surface area contributed by atoms with Crippen molar-refractivity contribution >= 4 is 11.3 Å². The predicted molar refractivity (Wildman–Crippen MR) is 85.2 cm³/mol. The van der Waals surface area contributed by atoms with E-state index in [1.807, 2.05) is 0 Å². The molecule has 25 heavy (non-hydrogen) atoms. The summed E-state index contributed by atoms with van der Waals surface area (Å²) in [6.07, 6.45) is -9.14. The molecule has 1 heterocycles. The van der Waals surface area contributed by atoms with Crippen molar-refractivity contribution in [3.8, 4) is 21.6 Å². The lowest BCUT2D eigenvalue weighted by Crippen LogP contribution is -2.04. The van der Waals surface area contributed by atoms with Gasteiger partial charge in [-0.2, -0.15) is 26.3 Å². The van der Waals surface area contributed by atoms with Gasteiger partial charge in [0.05, 0.1) is 5.56 Å². The molecule has 0 aliphatic rings. The van der Waals surface area contributed by atoms with Crippen LogP contribution in [-0.2, 0) is 12.4 Å². The zero-order valence-corrected chi connectivity index (χ0v) is 13.3. The average molecular weight is 372 g/mol. The Labute approximate surface area is 143 Å². The van der Waals surface area contributed by atoms with Crippen molar-refractivity contribution in [2.45, 2.75) is 12.4 Å². The van der Waals surface area contributed by atoms with Gasteiger partial charge in [-0.15, -0.1) is 11.3 Å². The van der Waals surface area contributed by atoms with Crippen LogP contribution in [-0.4, -0.2) is 0 Å². The summed E-state index contributed by atoms with van der Waals surface area (Å²) >= 11 is 0.441. The Kier molecular flexibility index (Phi) is 4.36. The van der Waals surface area contributed by atoms with Crippen molar-refractivity contribution < 1.29 is 26.3 Å². The first kappa shape index (κ1) is 17.5. The predicted octanol–water partition coefficient (Wildman–Crippen LogP) is 7.12. The maximum Gasteiger partial charge on any atom is 0.426 e. The standard InChI is InChI=1S/C18H10F6S/c19-17(20,21)13-8-4-7-12(9-13)15-10-14(11-5-2-1-3-6-11)16(25-15)18(22,23)24/h1-10H. The monoisotopic (exact) mass is 372 g/mol. The van der Waals surface area contributed by atoms with E-state index in [1.54, 1.807) is 18.2 Å². The fraction of sp³-hybridized carbons (Fsp3) is 0.111. The van der Waals surface area contributed by atoms with E-state index in [4.69, 9.17) is 0 Å². The molecule has 0 atom stereocenters. The van der Waals surface area contributed by atoms with Crippen LogP contribution in [0.25, 0.3) is 21.6 Å². The van der Waals surface area contributed by atoms with Crippen LogP contribution in [0, 0.1) is 0 Å². The summed E-state index contributed by atoms with van der Waals surface area (Å²) in [5.74, 6) is 0. The van der Waals surface area contributed by atoms with Gasteiger partial charge in [-0.1, -0.05) is 42.5 Å². The van der Waals surface area contributed by atoms with Crippen molar-refractivity contribution in [1.82, 2.24) is 0 Å². The molecule has 7 heteroatoms. The van der Waals surface area contributed by atoms with Gasteiger partial charge in [-0.3, -0.25) is 0 Å². The molecule has 0 N–H and O–H groups in total. The van der Waals surface area contributed by atoms with E-state index >= 15 is 0 Å². The van der Waals surface area contributed by atoms with E-state index in [9.17, 15) is 26.3 Å². The molecular formula is C18H10F6S. The highest BCUT2D eigenvalue weighted by Crippen LogP contribution is 2.46. The Morgan fingerprint density at radius 3 is 1.88 bits per heavy atom. The number of hydrogen-bond acceptors (Lipinski definition) is 1. The van der Waals surface area contributed by atoms with Gasteiger partial charge in [-0.05, 0) is 29.3 Å². The van der Waals surface area contributed by atoms with Crippen LogP contribution in [0.5, 0.6) is 0 Å². The third-order valence-electron chi connectivity index (χ3n) is 3.55. The SMILES string of the molecule is FC(F)(F)c1cccc(-c2cc(-c3ccccc3)c(C(F)(F)F)s2)c1. The summed E-state index contributed by atoms with van der Waals surface area (Å²) in [4.78, 5) is -0.691. The minimum atomic E-state index is -4.59. The van der Waals surface area contributed by atoms with Crippen LogP contribution in [0.2, 0.25) is 0 Å². The van der Waals surface area contributed by atoms with Gasteiger partial charge < -0.3 is 0 Å². The van der Waals surface area contributed by atoms with E-state index in [0.29, 0.717) is 16.9 Å². The molecule has 0 bridgehead atoms. The third kappa shape index (κ3) is 3.71. The van der Waals surface area contributed by atoms with Gasteiger partial charge >= 0.3 is 12.4 Å². The van der Waals surface area contributed by atoms with E-state index < -0.39 is 22.8 Å². The summed E-state index contributed by atoms with van der Waals surface area (Å²) in [5.41, 5.74) is -0.462. The number of hydrogen-bond donors (Lipinski definition) is 0. The molecule has 0 spiro atoms. The summed E-state index contributed by atoms with van der Waals surface area (Å²) in [7, 11) is 0. The number of thiophene rings is 1. The quantitative estimate of drug-likeness (QED) is 0.420. The van der Waals surface area contributed by atoms with Gasteiger partial charge in [0.1, 0.15) is 4.88 Å². The van der Waals surface area contributed by atoms with Crippen LogP contribution in [0.4, 0.5) is 26.3 Å². The molecule has 0 saturated heterocycles. The van der Waals surface area contributed by atoms with Crippen LogP contribution in [0.15, 0.2) is 60.7 Å². The molecule has 0 aliphatic carbocycles. The summed E-state index contributed by atoms with van der Waals surface area (Å²) in [6, 6.07) is 13.6. The second-order valence-electron chi connectivity index (χ2n) is 5.30. The summed E-state index contributed by atoms with van der Waals surface area (Å²) in [5, 5.41) is 0. The second-order valence-corrected chi connectivity index (χ2v) is 6.35. The second kappa shape index (κ2) is 6.22. The fourth-order valence-corrected chi connectivity index (χ4v) is 3.47. The molecule has 2 aromatic carbocycles. The summed E-state index contributed by atoms with van der Waals surface area (Å²) in [6.45, 7) is 0. The first-order valence-corrected chi connectivity index (χ1v) is 7.92. The molecule has 0 unspecified atom stereocenters. The van der Waals surface area contributed by atoms with Crippen molar-refractivity contribution in [3.05, 3.63) is 71.1 Å². The molecule has 0 nitrogen and oxygen atoms in total. The van der Waals surface area contributed by atoms with Crippen molar-refractivity contribution in [1.29, 1.82) is 0 Å². The Morgan fingerprint density at radius 1 is 0.640 bits per heavy atom. The molecule has 3 aromatic rings. The molecule has 0 fully saturated rings. The molecule has 0 radical (unpaired) electrons. The van der Waals surface area contributed by atoms with Crippen molar-refractivity contribution in [3.63, 3.8) is 0 Å². The Balaban J connectivity index is 2.15. The normalized spacial score (nSPS) is 12.4. The highest BCUT2D eigenvalue weighted by molar-refractivity contribution is 7.16. The lowest BCUT2D eigenvalue weighted by Gasteiger charge is -2.07. The molecule has 130 valence electrons. The molecule has 1 aromatic heterocycles. The average Bonchev–Trinajstić information content (AvgIpc) is 3.01. The number of benzene rings is 2. The van der Waals surface area contributed by atoms with Gasteiger partial charge in [-0.25, -0.2) is 0 Å². The van der Waals surface area contributed by atoms with Gasteiger partial charge in [0, 0.05) is 10.4 Å². The lowest BCUT2D eigenvalue weighted by atomic mass is 10.0. The highest BCUT2D eigenvalue weighted by atomic mass is 32.1. The van der Waals surface area contributed by atoms with E-state index in [-0.39, 0.29) is 16.0 Å². The first-order valence-electron chi connectivity index (χ1n) is 7.10. The van der Waals surface area contributed by atoms with Crippen LogP contribution < -0.4 is 0 Å². The Hall–Kier alpha value is -2.28. The van der Waals surface area contributed by atoms with E-state index in [2.05, 4.69) is 0 Å². The zero-order chi connectivity index (χ0) is 18.2. The van der Waals surface area contributed by atoms with Crippen LogP contribution in [0.1, 0.15) is 10.4 Å². The Bertz CT molecular complexity index is 875. The maximum absolute atomic E-state index is 13.4. The van der Waals surface area contributed by atoms with Crippen LogP contribution >= 0.6 is 11.3 Å². The van der Waals surface area contributed by atoms with Crippen LogP contribution in [0.3, 0.4) is 0 Å². The number of halogens is 6. The summed E-state index contributed by atoms with van der Waals surface area (Å²) < 4.78 is 78.6. The number of rotatable bonds is 2. The highest BCUT2D eigenvalue weighted by Gasteiger charge is 2.37. The molecular weight excluding hydrogens is 362 g/mol. The number of alkyl halides is 6. The first-order chi connectivity index (χ1) is 11.7. The molecule has 0 aliphatic heterocycles. The van der Waals surface area contributed by atoms with E-state index in [0.717, 1.165) is 12.1 Å². The molecule has 0 saturated carbocycles. The van der Waals surface area contributed by atoms with E-state index in [1.165, 1.54) is 30.3 Å². The molecule has 0 amide bonds. The van der Waals surface area contributed by atoms with Gasteiger partial charge in [0.2, 0.25) is 0 Å². The minimum Gasteiger partial charge on any atom is -0.166 e. The molecule has 3 rings (SSSR count). The maximum atomic E-state index is 13.4. The third-order valence-corrected chi connectivity index (χ3v) is 4.78. The van der Waals surface area contributed by atoms with Crippen molar-refractivity contribution in [2.24, 2.45) is 0 Å². The Morgan fingerprint density at radius 2 is 1.28 bits per heavy atom.